The number of hydrogen-bond donors (Lipinski definition) is 3. The average molecular weight is 442 g/mol. The van der Waals surface area contributed by atoms with E-state index in [0.29, 0.717) is 22.3 Å². The summed E-state index contributed by atoms with van der Waals surface area (Å²) in [6.07, 6.45) is 0. The standard InChI is InChI=1S/C17H23N5O3S3/c1-11-2-3-12(27-11)10-26-16-13(14(18)23)15(28-21-16)20-17(24)19-4-5-22-6-8-25-9-7-22/h2-3H,4-10H2,1H3,(H2,18,23)(H2,19,20,24). The second-order valence-electron chi connectivity index (χ2n) is 6.19. The minimum atomic E-state index is -0.595. The first kappa shape index (κ1) is 21.1. The molecule has 0 atom stereocenters. The molecule has 4 N–H and O–H groups in total. The lowest BCUT2D eigenvalue weighted by Crippen LogP contribution is -2.42. The molecular weight excluding hydrogens is 418 g/mol. The second kappa shape index (κ2) is 10.2. The first-order chi connectivity index (χ1) is 13.5. The molecule has 0 aliphatic carbocycles. The molecule has 11 heteroatoms. The number of nitrogens with one attached hydrogen (secondary N) is 2. The van der Waals surface area contributed by atoms with Gasteiger partial charge in [-0.25, -0.2) is 4.79 Å². The molecule has 3 amide bonds. The normalized spacial score (nSPS) is 14.8. The number of ether oxygens (including phenoxy) is 1. The third-order valence-corrected chi connectivity index (χ3v) is 7.18. The number of primary amides is 1. The van der Waals surface area contributed by atoms with Gasteiger partial charge in [0.25, 0.3) is 5.91 Å². The van der Waals surface area contributed by atoms with Gasteiger partial charge in [-0.2, -0.15) is 4.37 Å². The maximum atomic E-state index is 12.2. The Bertz CT molecular complexity index is 817. The molecule has 2 aromatic rings. The molecule has 2 aromatic heterocycles. The first-order valence-corrected chi connectivity index (χ1v) is 11.4. The fraction of sp³-hybridized carbons (Fsp3) is 0.471. The molecule has 28 heavy (non-hydrogen) atoms. The smallest absolute Gasteiger partial charge is 0.319 e. The molecule has 0 bridgehead atoms. The number of nitrogens with zero attached hydrogens (tertiary/aromatic N) is 2. The van der Waals surface area contributed by atoms with Crippen LogP contribution in [0, 0.1) is 6.92 Å². The number of hydrogen-bond acceptors (Lipinski definition) is 8. The summed E-state index contributed by atoms with van der Waals surface area (Å²) >= 11 is 4.22. The Morgan fingerprint density at radius 3 is 2.82 bits per heavy atom. The topological polar surface area (TPSA) is 110 Å². The van der Waals surface area contributed by atoms with Crippen molar-refractivity contribution in [2.75, 3.05) is 44.7 Å². The number of carbonyl (C=O) groups excluding carboxylic acids is 2. The summed E-state index contributed by atoms with van der Waals surface area (Å²) in [6, 6.07) is 3.75. The number of carbonyl (C=O) groups is 2. The predicted octanol–water partition coefficient (Wildman–Crippen LogP) is 2.36. The zero-order valence-corrected chi connectivity index (χ0v) is 18.0. The minimum Gasteiger partial charge on any atom is -0.379 e. The quantitative estimate of drug-likeness (QED) is 0.543. The largest absolute Gasteiger partial charge is 0.379 e. The van der Waals surface area contributed by atoms with E-state index >= 15 is 0 Å². The number of thioether (sulfide) groups is 1. The Labute approximate surface area is 176 Å². The van der Waals surface area contributed by atoms with Crippen LogP contribution in [0.15, 0.2) is 17.2 Å². The molecule has 0 radical (unpaired) electrons. The van der Waals surface area contributed by atoms with E-state index in [9.17, 15) is 9.59 Å². The van der Waals surface area contributed by atoms with Crippen molar-refractivity contribution >= 4 is 51.6 Å². The van der Waals surface area contributed by atoms with Crippen molar-refractivity contribution in [1.29, 1.82) is 0 Å². The van der Waals surface area contributed by atoms with Gasteiger partial charge in [0.05, 0.1) is 13.2 Å². The molecule has 0 saturated carbocycles. The molecule has 1 saturated heterocycles. The van der Waals surface area contributed by atoms with Gasteiger partial charge in [0, 0.05) is 41.7 Å². The maximum Gasteiger partial charge on any atom is 0.319 e. The van der Waals surface area contributed by atoms with Gasteiger partial charge in [-0.05, 0) is 30.6 Å². The van der Waals surface area contributed by atoms with Gasteiger partial charge in [0.1, 0.15) is 15.6 Å². The molecule has 0 aromatic carbocycles. The number of aryl methyl sites for hydroxylation is 1. The number of thiophene rings is 1. The van der Waals surface area contributed by atoms with Crippen LogP contribution in [-0.4, -0.2) is 60.6 Å². The lowest BCUT2D eigenvalue weighted by molar-refractivity contribution is 0.0388. The second-order valence-corrected chi connectivity index (χ2v) is 9.30. The van der Waals surface area contributed by atoms with Crippen molar-refractivity contribution in [3.8, 4) is 0 Å². The van der Waals surface area contributed by atoms with Gasteiger partial charge in [0.15, 0.2) is 0 Å². The van der Waals surface area contributed by atoms with Gasteiger partial charge in [-0.15, -0.1) is 11.3 Å². The zero-order valence-electron chi connectivity index (χ0n) is 15.5. The van der Waals surface area contributed by atoms with Crippen LogP contribution in [0.1, 0.15) is 20.1 Å². The summed E-state index contributed by atoms with van der Waals surface area (Å²) in [5.41, 5.74) is 5.80. The number of amides is 3. The zero-order chi connectivity index (χ0) is 19.9. The van der Waals surface area contributed by atoms with Crippen LogP contribution < -0.4 is 16.4 Å². The summed E-state index contributed by atoms with van der Waals surface area (Å²) in [5.74, 6) is 0.107. The van der Waals surface area contributed by atoms with Crippen molar-refractivity contribution in [3.63, 3.8) is 0 Å². The van der Waals surface area contributed by atoms with E-state index in [4.69, 9.17) is 10.5 Å². The molecule has 3 heterocycles. The third-order valence-electron chi connectivity index (χ3n) is 4.10. The summed E-state index contributed by atoms with van der Waals surface area (Å²) in [5, 5.41) is 6.43. The van der Waals surface area contributed by atoms with Gasteiger partial charge < -0.3 is 15.8 Å². The molecule has 3 rings (SSSR count). The molecule has 152 valence electrons. The van der Waals surface area contributed by atoms with E-state index in [0.717, 1.165) is 44.4 Å². The van der Waals surface area contributed by atoms with Crippen LogP contribution in [0.5, 0.6) is 0 Å². The van der Waals surface area contributed by atoms with E-state index in [1.165, 1.54) is 21.5 Å². The molecule has 1 aliphatic heterocycles. The molecule has 0 unspecified atom stereocenters. The number of urea groups is 1. The highest BCUT2D eigenvalue weighted by molar-refractivity contribution is 7.98. The fourth-order valence-electron chi connectivity index (χ4n) is 2.68. The highest BCUT2D eigenvalue weighted by Gasteiger charge is 2.21. The average Bonchev–Trinajstić information content (AvgIpc) is 3.26. The Hall–Kier alpha value is -1.66. The van der Waals surface area contributed by atoms with Gasteiger partial charge in [-0.1, -0.05) is 11.8 Å². The van der Waals surface area contributed by atoms with Crippen molar-refractivity contribution in [1.82, 2.24) is 14.6 Å². The monoisotopic (exact) mass is 441 g/mol. The third kappa shape index (κ3) is 5.92. The summed E-state index contributed by atoms with van der Waals surface area (Å²) in [6.45, 7) is 6.50. The minimum absolute atomic E-state index is 0.270. The van der Waals surface area contributed by atoms with Crippen LogP contribution in [0.4, 0.5) is 9.80 Å². The van der Waals surface area contributed by atoms with Gasteiger partial charge in [-0.3, -0.25) is 15.0 Å². The highest BCUT2D eigenvalue weighted by atomic mass is 32.2. The molecule has 1 aliphatic rings. The number of morpholine rings is 1. The van der Waals surface area contributed by atoms with Crippen molar-refractivity contribution < 1.29 is 14.3 Å². The lowest BCUT2D eigenvalue weighted by atomic mass is 10.3. The maximum absolute atomic E-state index is 12.2. The fourth-order valence-corrected chi connectivity index (χ4v) is 5.58. The molecule has 8 nitrogen and oxygen atoms in total. The van der Waals surface area contributed by atoms with Crippen LogP contribution in [0.3, 0.4) is 0 Å². The Morgan fingerprint density at radius 1 is 1.36 bits per heavy atom. The highest BCUT2D eigenvalue weighted by Crippen LogP contribution is 2.34. The van der Waals surface area contributed by atoms with Crippen LogP contribution in [0.2, 0.25) is 0 Å². The van der Waals surface area contributed by atoms with E-state index in [-0.39, 0.29) is 11.6 Å². The summed E-state index contributed by atoms with van der Waals surface area (Å²) in [4.78, 5) is 28.7. The van der Waals surface area contributed by atoms with E-state index in [1.54, 1.807) is 11.3 Å². The van der Waals surface area contributed by atoms with Crippen molar-refractivity contribution in [2.45, 2.75) is 17.7 Å². The van der Waals surface area contributed by atoms with E-state index in [2.05, 4.69) is 39.0 Å². The Morgan fingerprint density at radius 2 is 2.14 bits per heavy atom. The number of nitrogens with two attached hydrogens (primary N) is 1. The molecular formula is C17H23N5O3S3. The number of aromatic nitrogens is 1. The number of rotatable bonds is 8. The first-order valence-electron chi connectivity index (χ1n) is 8.85. The lowest BCUT2D eigenvalue weighted by Gasteiger charge is -2.26. The number of anilines is 1. The summed E-state index contributed by atoms with van der Waals surface area (Å²) < 4.78 is 9.61. The van der Waals surface area contributed by atoms with E-state index < -0.39 is 5.91 Å². The summed E-state index contributed by atoms with van der Waals surface area (Å²) in [7, 11) is 0. The van der Waals surface area contributed by atoms with Crippen LogP contribution >= 0.6 is 34.6 Å². The van der Waals surface area contributed by atoms with Gasteiger partial charge in [0.2, 0.25) is 0 Å². The van der Waals surface area contributed by atoms with Crippen molar-refractivity contribution in [2.24, 2.45) is 5.73 Å². The molecule has 1 fully saturated rings. The van der Waals surface area contributed by atoms with Crippen molar-refractivity contribution in [3.05, 3.63) is 27.5 Å². The molecule has 0 spiro atoms. The predicted molar refractivity (Wildman–Crippen MR) is 114 cm³/mol. The Kier molecular flexibility index (Phi) is 7.68. The van der Waals surface area contributed by atoms with Crippen LogP contribution in [0.25, 0.3) is 0 Å². The SMILES string of the molecule is Cc1ccc(CSc2nsc(NC(=O)NCCN3CCOCC3)c2C(N)=O)s1. The van der Waals surface area contributed by atoms with Gasteiger partial charge >= 0.3 is 6.03 Å². The van der Waals surface area contributed by atoms with Crippen LogP contribution in [-0.2, 0) is 10.5 Å². The van der Waals surface area contributed by atoms with E-state index in [1.807, 2.05) is 0 Å². The Balaban J connectivity index is 1.53.